The van der Waals surface area contributed by atoms with Gasteiger partial charge in [0.1, 0.15) is 0 Å². The molecule has 0 atom stereocenters. The van der Waals surface area contributed by atoms with E-state index in [-0.39, 0.29) is 16.8 Å². The van der Waals surface area contributed by atoms with Gasteiger partial charge in [-0.3, -0.25) is 14.9 Å². The number of hydrogen-bond donors (Lipinski definition) is 1. The number of esters is 1. The summed E-state index contributed by atoms with van der Waals surface area (Å²) in [6.07, 6.45) is 2.39. The Morgan fingerprint density at radius 2 is 1.96 bits per heavy atom. The highest BCUT2D eigenvalue weighted by Crippen LogP contribution is 2.18. The number of non-ortho nitro benzene ring substituents is 1. The van der Waals surface area contributed by atoms with Crippen molar-refractivity contribution in [2.75, 3.05) is 13.7 Å². The number of fused-ring (bicyclic) bond motifs is 1. The molecule has 0 aliphatic heterocycles. The van der Waals surface area contributed by atoms with Crippen molar-refractivity contribution in [3.8, 4) is 0 Å². The lowest BCUT2D eigenvalue weighted by atomic mass is 10.1. The highest BCUT2D eigenvalue weighted by Gasteiger charge is 2.18. The Balaban J connectivity index is 1.63. The van der Waals surface area contributed by atoms with Crippen LogP contribution in [0.5, 0.6) is 0 Å². The van der Waals surface area contributed by atoms with E-state index in [1.165, 1.54) is 13.2 Å². The maximum absolute atomic E-state index is 12.4. The molecule has 0 unspecified atom stereocenters. The SMILES string of the molecule is COC(=O)c1cc(C(=O)NCCCn2cnc3ccccc32)cc([N+](=O)[O-])c1. The number of nitro benzene ring substituents is 1. The van der Waals surface area contributed by atoms with Crippen molar-refractivity contribution in [3.05, 3.63) is 70.0 Å². The number of amides is 1. The summed E-state index contributed by atoms with van der Waals surface area (Å²) in [5, 5.41) is 13.8. The van der Waals surface area contributed by atoms with Gasteiger partial charge >= 0.3 is 5.97 Å². The first-order valence-electron chi connectivity index (χ1n) is 8.55. The standard InChI is InChI=1S/C19H18N4O5/c1-28-19(25)14-9-13(10-15(11-14)23(26)27)18(24)20-7-4-8-22-12-21-16-5-2-3-6-17(16)22/h2-3,5-6,9-12H,4,7-8H2,1H3,(H,20,24). The Morgan fingerprint density at radius 1 is 1.21 bits per heavy atom. The number of carbonyl (C=O) groups is 2. The molecule has 0 radical (unpaired) electrons. The number of benzene rings is 2. The molecule has 28 heavy (non-hydrogen) atoms. The summed E-state index contributed by atoms with van der Waals surface area (Å²) in [7, 11) is 1.17. The van der Waals surface area contributed by atoms with Crippen molar-refractivity contribution in [1.82, 2.24) is 14.9 Å². The van der Waals surface area contributed by atoms with E-state index in [2.05, 4.69) is 15.0 Å². The van der Waals surface area contributed by atoms with Gasteiger partial charge in [0.25, 0.3) is 11.6 Å². The van der Waals surface area contributed by atoms with Gasteiger partial charge in [-0.05, 0) is 24.6 Å². The summed E-state index contributed by atoms with van der Waals surface area (Å²) < 4.78 is 6.57. The van der Waals surface area contributed by atoms with Gasteiger partial charge in [0, 0.05) is 30.8 Å². The largest absolute Gasteiger partial charge is 0.465 e. The maximum atomic E-state index is 12.4. The van der Waals surface area contributed by atoms with E-state index in [1.807, 2.05) is 28.8 Å². The smallest absolute Gasteiger partial charge is 0.338 e. The van der Waals surface area contributed by atoms with Crippen LogP contribution in [0.15, 0.2) is 48.8 Å². The van der Waals surface area contributed by atoms with Crippen LogP contribution in [0.3, 0.4) is 0 Å². The van der Waals surface area contributed by atoms with Crippen molar-refractivity contribution in [1.29, 1.82) is 0 Å². The molecule has 1 amide bonds. The molecule has 0 aliphatic rings. The minimum Gasteiger partial charge on any atom is -0.465 e. The number of para-hydroxylation sites is 2. The molecule has 0 bridgehead atoms. The van der Waals surface area contributed by atoms with Crippen molar-refractivity contribution in [3.63, 3.8) is 0 Å². The summed E-state index contributed by atoms with van der Waals surface area (Å²) in [4.78, 5) is 38.7. The molecule has 0 fully saturated rings. The average Bonchev–Trinajstić information content (AvgIpc) is 3.13. The van der Waals surface area contributed by atoms with Gasteiger partial charge in [-0.25, -0.2) is 9.78 Å². The van der Waals surface area contributed by atoms with E-state index in [4.69, 9.17) is 0 Å². The van der Waals surface area contributed by atoms with Gasteiger partial charge in [-0.2, -0.15) is 0 Å². The third-order valence-corrected chi connectivity index (χ3v) is 4.20. The number of ether oxygens (including phenoxy) is 1. The monoisotopic (exact) mass is 382 g/mol. The fraction of sp³-hybridized carbons (Fsp3) is 0.211. The van der Waals surface area contributed by atoms with Crippen molar-refractivity contribution in [2.45, 2.75) is 13.0 Å². The lowest BCUT2D eigenvalue weighted by Gasteiger charge is -2.08. The molecular formula is C19H18N4O5. The number of imidazole rings is 1. The van der Waals surface area contributed by atoms with Crippen LogP contribution in [0, 0.1) is 10.1 Å². The minimum atomic E-state index is -0.746. The molecule has 1 heterocycles. The molecule has 9 nitrogen and oxygen atoms in total. The molecule has 2 aromatic carbocycles. The number of aryl methyl sites for hydroxylation is 1. The summed E-state index contributed by atoms with van der Waals surface area (Å²) >= 11 is 0. The van der Waals surface area contributed by atoms with Crippen molar-refractivity contribution in [2.24, 2.45) is 0 Å². The van der Waals surface area contributed by atoms with Gasteiger partial charge in [0.15, 0.2) is 0 Å². The predicted octanol–water partition coefficient (Wildman–Crippen LogP) is 2.55. The van der Waals surface area contributed by atoms with E-state index in [1.54, 1.807) is 6.33 Å². The number of methoxy groups -OCH3 is 1. The zero-order chi connectivity index (χ0) is 20.1. The van der Waals surface area contributed by atoms with E-state index in [9.17, 15) is 19.7 Å². The van der Waals surface area contributed by atoms with E-state index in [0.29, 0.717) is 19.5 Å². The molecule has 1 aromatic heterocycles. The highest BCUT2D eigenvalue weighted by molar-refractivity contribution is 5.98. The normalized spacial score (nSPS) is 10.6. The number of hydrogen-bond acceptors (Lipinski definition) is 6. The van der Waals surface area contributed by atoms with Crippen LogP contribution in [0.1, 0.15) is 27.1 Å². The first-order valence-corrected chi connectivity index (χ1v) is 8.55. The molecule has 3 rings (SSSR count). The molecule has 9 heteroatoms. The second kappa shape index (κ2) is 8.30. The summed E-state index contributed by atoms with van der Waals surface area (Å²) in [5.74, 6) is -1.24. The predicted molar refractivity (Wildman–Crippen MR) is 101 cm³/mol. The quantitative estimate of drug-likeness (QED) is 0.290. The maximum Gasteiger partial charge on any atom is 0.338 e. The van der Waals surface area contributed by atoms with Crippen molar-refractivity contribution < 1.29 is 19.2 Å². The number of nitrogens with zero attached hydrogens (tertiary/aromatic N) is 3. The fourth-order valence-corrected chi connectivity index (χ4v) is 2.83. The van der Waals surface area contributed by atoms with Crippen LogP contribution in [0.2, 0.25) is 0 Å². The van der Waals surface area contributed by atoms with Gasteiger partial charge in [0.2, 0.25) is 0 Å². The molecule has 0 saturated carbocycles. The fourth-order valence-electron chi connectivity index (χ4n) is 2.83. The summed E-state index contributed by atoms with van der Waals surface area (Å²) in [5.41, 5.74) is 1.54. The molecule has 0 aliphatic carbocycles. The number of carbonyl (C=O) groups excluding carboxylic acids is 2. The topological polar surface area (TPSA) is 116 Å². The van der Waals surface area contributed by atoms with Gasteiger partial charge in [0.05, 0.1) is 35.0 Å². The third-order valence-electron chi connectivity index (χ3n) is 4.20. The van der Waals surface area contributed by atoms with Crippen LogP contribution in [0.25, 0.3) is 11.0 Å². The molecule has 0 saturated heterocycles. The van der Waals surface area contributed by atoms with Gasteiger partial charge in [-0.15, -0.1) is 0 Å². The molecule has 144 valence electrons. The van der Waals surface area contributed by atoms with E-state index in [0.717, 1.165) is 23.2 Å². The lowest BCUT2D eigenvalue weighted by Crippen LogP contribution is -2.25. The van der Waals surface area contributed by atoms with E-state index < -0.39 is 16.8 Å². The molecule has 0 spiro atoms. The third kappa shape index (κ3) is 4.14. The van der Waals surface area contributed by atoms with Crippen molar-refractivity contribution >= 4 is 28.6 Å². The molecule has 1 N–H and O–H groups in total. The first kappa shape index (κ1) is 19.0. The Kier molecular flexibility index (Phi) is 5.64. The minimum absolute atomic E-state index is 0.0303. The highest BCUT2D eigenvalue weighted by atomic mass is 16.6. The number of rotatable bonds is 7. The lowest BCUT2D eigenvalue weighted by molar-refractivity contribution is -0.384. The number of nitrogens with one attached hydrogen (secondary N) is 1. The Morgan fingerprint density at radius 3 is 2.71 bits per heavy atom. The Bertz CT molecular complexity index is 1040. The number of nitro groups is 1. The Labute approximate surface area is 160 Å². The second-order valence-electron chi connectivity index (χ2n) is 6.05. The zero-order valence-electron chi connectivity index (χ0n) is 15.1. The first-order chi connectivity index (χ1) is 13.5. The van der Waals surface area contributed by atoms with Gasteiger partial charge in [-0.1, -0.05) is 12.1 Å². The van der Waals surface area contributed by atoms with Crippen LogP contribution >= 0.6 is 0 Å². The van der Waals surface area contributed by atoms with Crippen LogP contribution < -0.4 is 5.32 Å². The summed E-state index contributed by atoms with van der Waals surface area (Å²) in [6, 6.07) is 11.2. The number of aromatic nitrogens is 2. The van der Waals surface area contributed by atoms with Crippen LogP contribution in [-0.4, -0.2) is 40.0 Å². The zero-order valence-corrected chi connectivity index (χ0v) is 15.1. The summed E-state index contributed by atoms with van der Waals surface area (Å²) in [6.45, 7) is 1.02. The Hall–Kier alpha value is -3.75. The van der Waals surface area contributed by atoms with Crippen LogP contribution in [0.4, 0.5) is 5.69 Å². The molecule has 3 aromatic rings. The van der Waals surface area contributed by atoms with Crippen LogP contribution in [-0.2, 0) is 11.3 Å². The van der Waals surface area contributed by atoms with Gasteiger partial charge < -0.3 is 14.6 Å². The average molecular weight is 382 g/mol. The second-order valence-corrected chi connectivity index (χ2v) is 6.05. The van der Waals surface area contributed by atoms with E-state index >= 15 is 0 Å². The molecular weight excluding hydrogens is 364 g/mol.